The summed E-state index contributed by atoms with van der Waals surface area (Å²) in [5.41, 5.74) is 8.17. The van der Waals surface area contributed by atoms with Crippen molar-refractivity contribution in [3.05, 3.63) is 54.4 Å². The van der Waals surface area contributed by atoms with Crippen molar-refractivity contribution in [2.45, 2.75) is 19.3 Å². The van der Waals surface area contributed by atoms with Gasteiger partial charge in [-0.2, -0.15) is 0 Å². The number of carbonyl (C=O) groups is 2. The number of amides is 2. The Balaban J connectivity index is 1.59. The first-order chi connectivity index (χ1) is 14.9. The Kier molecular flexibility index (Phi) is 4.50. The first-order valence-corrected chi connectivity index (χ1v) is 10.6. The Morgan fingerprint density at radius 3 is 2.77 bits per heavy atom. The van der Waals surface area contributed by atoms with Gasteiger partial charge >= 0.3 is 0 Å². The van der Waals surface area contributed by atoms with Gasteiger partial charge in [-0.3, -0.25) is 9.59 Å². The molecule has 5 rings (SSSR count). The molecule has 0 aliphatic carbocycles. The quantitative estimate of drug-likeness (QED) is 0.637. The van der Waals surface area contributed by atoms with Crippen LogP contribution >= 0.6 is 0 Å². The number of aromatic nitrogens is 1. The Morgan fingerprint density at radius 1 is 1.23 bits per heavy atom. The molecule has 0 saturated carbocycles. The fourth-order valence-corrected chi connectivity index (χ4v) is 5.39. The number of benzene rings is 2. The molecule has 2 aromatic carbocycles. The molecule has 1 atom stereocenters. The third-order valence-corrected chi connectivity index (χ3v) is 6.84. The molecule has 2 fully saturated rings. The van der Waals surface area contributed by atoms with Crippen molar-refractivity contribution in [2.24, 2.45) is 11.1 Å². The van der Waals surface area contributed by atoms with Crippen LogP contribution in [0.3, 0.4) is 0 Å². The maximum absolute atomic E-state index is 15.5. The first-order valence-electron chi connectivity index (χ1n) is 10.6. The van der Waals surface area contributed by atoms with Gasteiger partial charge < -0.3 is 20.5 Å². The van der Waals surface area contributed by atoms with E-state index in [1.807, 2.05) is 29.2 Å². The summed E-state index contributed by atoms with van der Waals surface area (Å²) in [6.45, 7) is 6.38. The number of fused-ring (bicyclic) bond motifs is 3. The van der Waals surface area contributed by atoms with E-state index in [-0.39, 0.29) is 23.6 Å². The lowest BCUT2D eigenvalue weighted by Crippen LogP contribution is -2.33. The number of para-hydroxylation sites is 1. The van der Waals surface area contributed by atoms with Crippen molar-refractivity contribution < 1.29 is 14.0 Å². The molecule has 6 nitrogen and oxygen atoms in total. The van der Waals surface area contributed by atoms with Gasteiger partial charge in [-0.15, -0.1) is 0 Å². The van der Waals surface area contributed by atoms with Crippen LogP contribution in [0.4, 0.5) is 10.1 Å². The number of hydrogen-bond donors (Lipinski definition) is 2. The van der Waals surface area contributed by atoms with Gasteiger partial charge in [0.05, 0.1) is 17.6 Å². The van der Waals surface area contributed by atoms with E-state index >= 15 is 4.39 Å². The van der Waals surface area contributed by atoms with Crippen molar-refractivity contribution in [2.75, 3.05) is 31.1 Å². The Labute approximate surface area is 179 Å². The number of anilines is 1. The van der Waals surface area contributed by atoms with Crippen LogP contribution in [0.15, 0.2) is 43.0 Å². The molecular weight excluding hydrogens is 395 g/mol. The summed E-state index contributed by atoms with van der Waals surface area (Å²) in [4.78, 5) is 31.0. The van der Waals surface area contributed by atoms with Crippen LogP contribution in [-0.4, -0.2) is 47.9 Å². The summed E-state index contributed by atoms with van der Waals surface area (Å²) < 4.78 is 15.5. The summed E-state index contributed by atoms with van der Waals surface area (Å²) in [7, 11) is 0. The molecule has 3 aromatic rings. The molecule has 0 bridgehead atoms. The topological polar surface area (TPSA) is 82.4 Å². The van der Waals surface area contributed by atoms with Crippen LogP contribution in [0.5, 0.6) is 0 Å². The van der Waals surface area contributed by atoms with Crippen molar-refractivity contribution >= 4 is 39.3 Å². The fourth-order valence-electron chi connectivity index (χ4n) is 5.39. The van der Waals surface area contributed by atoms with E-state index in [1.54, 1.807) is 0 Å². The molecule has 31 heavy (non-hydrogen) atoms. The SMILES string of the molecule is C=CC(=O)N1CCC2(CCN(c3c(F)cc(CC(N)=O)c4[nH]c5ccccc5c34)C2)C1. The predicted octanol–water partition coefficient (Wildman–Crippen LogP) is 3.10. The van der Waals surface area contributed by atoms with Crippen LogP contribution in [0.2, 0.25) is 0 Å². The highest BCUT2D eigenvalue weighted by atomic mass is 19.1. The minimum atomic E-state index is -0.495. The zero-order valence-corrected chi connectivity index (χ0v) is 17.3. The maximum Gasteiger partial charge on any atom is 0.245 e. The predicted molar refractivity (Wildman–Crippen MR) is 119 cm³/mol. The molecule has 0 radical (unpaired) electrons. The summed E-state index contributed by atoms with van der Waals surface area (Å²) >= 11 is 0. The second-order valence-corrected chi connectivity index (χ2v) is 8.82. The molecular formula is C24H25FN4O2. The summed E-state index contributed by atoms with van der Waals surface area (Å²) in [6.07, 6.45) is 3.14. The molecule has 7 heteroatoms. The second-order valence-electron chi connectivity index (χ2n) is 8.82. The van der Waals surface area contributed by atoms with E-state index in [2.05, 4.69) is 16.5 Å². The van der Waals surface area contributed by atoms with Crippen LogP contribution in [0.1, 0.15) is 18.4 Å². The molecule has 2 aliphatic heterocycles. The van der Waals surface area contributed by atoms with Gasteiger partial charge in [0.25, 0.3) is 0 Å². The van der Waals surface area contributed by atoms with Gasteiger partial charge in [0, 0.05) is 47.9 Å². The van der Waals surface area contributed by atoms with E-state index < -0.39 is 5.91 Å². The molecule has 3 heterocycles. The lowest BCUT2D eigenvalue weighted by Gasteiger charge is -2.26. The van der Waals surface area contributed by atoms with Crippen molar-refractivity contribution in [1.29, 1.82) is 0 Å². The number of nitrogens with zero attached hydrogens (tertiary/aromatic N) is 2. The zero-order valence-electron chi connectivity index (χ0n) is 17.3. The highest BCUT2D eigenvalue weighted by molar-refractivity contribution is 6.15. The lowest BCUT2D eigenvalue weighted by molar-refractivity contribution is -0.125. The molecule has 3 N–H and O–H groups in total. The second kappa shape index (κ2) is 7.11. The minimum Gasteiger partial charge on any atom is -0.369 e. The van der Waals surface area contributed by atoms with Crippen LogP contribution in [0.25, 0.3) is 21.8 Å². The maximum atomic E-state index is 15.5. The van der Waals surface area contributed by atoms with E-state index in [0.29, 0.717) is 30.9 Å². The smallest absolute Gasteiger partial charge is 0.245 e. The molecule has 1 spiro atoms. The Hall–Kier alpha value is -3.35. The van der Waals surface area contributed by atoms with Gasteiger partial charge in [-0.05, 0) is 36.6 Å². The number of likely N-dealkylation sites (tertiary alicyclic amines) is 1. The van der Waals surface area contributed by atoms with Gasteiger partial charge in [-0.25, -0.2) is 4.39 Å². The number of primary amides is 1. The van der Waals surface area contributed by atoms with Gasteiger partial charge in [0.15, 0.2) is 0 Å². The number of nitrogens with two attached hydrogens (primary N) is 1. The third-order valence-electron chi connectivity index (χ3n) is 6.84. The monoisotopic (exact) mass is 420 g/mol. The van der Waals surface area contributed by atoms with Crippen LogP contribution in [-0.2, 0) is 16.0 Å². The minimum absolute atomic E-state index is 0.0247. The van der Waals surface area contributed by atoms with Crippen molar-refractivity contribution in [3.8, 4) is 0 Å². The number of halogens is 1. The Bertz CT molecular complexity index is 1230. The number of rotatable bonds is 4. The largest absolute Gasteiger partial charge is 0.369 e. The Morgan fingerprint density at radius 2 is 2.00 bits per heavy atom. The number of aromatic amines is 1. The number of nitrogens with one attached hydrogen (secondary N) is 1. The normalized spacial score (nSPS) is 20.9. The van der Waals surface area contributed by atoms with E-state index in [9.17, 15) is 9.59 Å². The molecule has 160 valence electrons. The average Bonchev–Trinajstić information content (AvgIpc) is 3.45. The summed E-state index contributed by atoms with van der Waals surface area (Å²) in [5.74, 6) is -0.885. The zero-order chi connectivity index (χ0) is 21.8. The summed E-state index contributed by atoms with van der Waals surface area (Å²) in [6, 6.07) is 9.21. The van der Waals surface area contributed by atoms with Crippen LogP contribution < -0.4 is 10.6 Å². The molecule has 1 aromatic heterocycles. The molecule has 2 saturated heterocycles. The van der Waals surface area contributed by atoms with E-state index in [4.69, 9.17) is 5.73 Å². The van der Waals surface area contributed by atoms with Crippen LogP contribution in [0, 0.1) is 11.2 Å². The van der Waals surface area contributed by atoms with E-state index in [1.165, 1.54) is 12.1 Å². The number of hydrogen-bond acceptors (Lipinski definition) is 3. The summed E-state index contributed by atoms with van der Waals surface area (Å²) in [5, 5.41) is 1.72. The van der Waals surface area contributed by atoms with Gasteiger partial charge in [-0.1, -0.05) is 24.8 Å². The third kappa shape index (κ3) is 3.15. The number of carbonyl (C=O) groups excluding carboxylic acids is 2. The van der Waals surface area contributed by atoms with Gasteiger partial charge in [0.2, 0.25) is 11.8 Å². The van der Waals surface area contributed by atoms with Crippen molar-refractivity contribution in [1.82, 2.24) is 9.88 Å². The van der Waals surface area contributed by atoms with E-state index in [0.717, 1.165) is 41.2 Å². The molecule has 2 aliphatic rings. The highest BCUT2D eigenvalue weighted by Gasteiger charge is 2.45. The molecule has 2 amide bonds. The standard InChI is InChI=1S/C24H25FN4O2/c1-2-20(31)28-9-7-24(13-28)8-10-29(14-24)23-17(25)11-15(12-19(26)30)22-21(23)16-5-3-4-6-18(16)27-22/h2-6,11,27H,1,7-10,12-14H2,(H2,26,30). The van der Waals surface area contributed by atoms with Gasteiger partial charge in [0.1, 0.15) is 5.82 Å². The molecule has 1 unspecified atom stereocenters. The highest BCUT2D eigenvalue weighted by Crippen LogP contribution is 2.45. The lowest BCUT2D eigenvalue weighted by atomic mass is 9.86. The first kappa shape index (κ1) is 19.6. The number of H-pyrrole nitrogens is 1. The fraction of sp³-hybridized carbons (Fsp3) is 0.333. The van der Waals surface area contributed by atoms with Crippen molar-refractivity contribution in [3.63, 3.8) is 0 Å². The average molecular weight is 420 g/mol.